The number of imidazole rings is 1. The van der Waals surface area contributed by atoms with Crippen LogP contribution >= 0.6 is 0 Å². The summed E-state index contributed by atoms with van der Waals surface area (Å²) in [6.07, 6.45) is 3.64. The number of pyridine rings is 2. The van der Waals surface area contributed by atoms with Crippen LogP contribution in [0.4, 0.5) is 0 Å². The molecule has 0 saturated heterocycles. The van der Waals surface area contributed by atoms with Gasteiger partial charge in [0.2, 0.25) is 0 Å². The Hall–Kier alpha value is -5.68. The van der Waals surface area contributed by atoms with Gasteiger partial charge in [0.25, 0.3) is 0 Å². The third-order valence-corrected chi connectivity index (χ3v) is 8.70. The van der Waals surface area contributed by atoms with E-state index in [2.05, 4.69) is 115 Å². The maximum atomic E-state index is 6.58. The van der Waals surface area contributed by atoms with Crippen LogP contribution in [-0.2, 0) is 25.5 Å². The van der Waals surface area contributed by atoms with Gasteiger partial charge in [0, 0.05) is 49.0 Å². The fraction of sp³-hybridized carbons (Fsp3) is 0.0889. The number of aromatic nitrogens is 4. The molecule has 9 rings (SSSR count). The third kappa shape index (κ3) is 6.64. The van der Waals surface area contributed by atoms with Crippen LogP contribution in [0.15, 0.2) is 156 Å². The fourth-order valence-corrected chi connectivity index (χ4v) is 6.36. The van der Waals surface area contributed by atoms with Crippen molar-refractivity contribution in [3.05, 3.63) is 170 Å². The van der Waals surface area contributed by atoms with Crippen molar-refractivity contribution in [2.24, 2.45) is 0 Å². The molecular formula is C45H34IrN4O-2. The Morgan fingerprint density at radius 3 is 2.14 bits per heavy atom. The predicted molar refractivity (Wildman–Crippen MR) is 203 cm³/mol. The summed E-state index contributed by atoms with van der Waals surface area (Å²) < 4.78 is 8.79. The van der Waals surface area contributed by atoms with Gasteiger partial charge in [-0.1, -0.05) is 105 Å². The van der Waals surface area contributed by atoms with Crippen LogP contribution < -0.4 is 0 Å². The summed E-state index contributed by atoms with van der Waals surface area (Å²) in [5.41, 5.74) is 10.5. The minimum absolute atomic E-state index is 0. The van der Waals surface area contributed by atoms with Gasteiger partial charge in [0.15, 0.2) is 0 Å². The van der Waals surface area contributed by atoms with Gasteiger partial charge < -0.3 is 14.0 Å². The summed E-state index contributed by atoms with van der Waals surface area (Å²) in [6, 6.07) is 53.5. The van der Waals surface area contributed by atoms with Crippen LogP contribution in [0.1, 0.15) is 26.5 Å². The summed E-state index contributed by atoms with van der Waals surface area (Å²) in [4.78, 5) is 14.2. The molecular weight excluding hydrogens is 805 g/mol. The Labute approximate surface area is 311 Å². The molecule has 5 nitrogen and oxygen atoms in total. The molecule has 0 saturated carbocycles. The molecule has 6 heteroatoms. The Morgan fingerprint density at radius 1 is 0.647 bits per heavy atom. The minimum atomic E-state index is -0.160. The predicted octanol–water partition coefficient (Wildman–Crippen LogP) is 11.3. The zero-order chi connectivity index (χ0) is 34.1. The van der Waals surface area contributed by atoms with Gasteiger partial charge in [0.05, 0.1) is 28.1 Å². The molecule has 0 bridgehead atoms. The van der Waals surface area contributed by atoms with Gasteiger partial charge in [-0.25, -0.2) is 0 Å². The molecule has 251 valence electrons. The smallest absolute Gasteiger partial charge is 0.121 e. The first-order valence-electron chi connectivity index (χ1n) is 16.7. The van der Waals surface area contributed by atoms with Crippen LogP contribution in [0.2, 0.25) is 0 Å². The molecule has 0 aliphatic rings. The number of hydrogen-bond acceptors (Lipinski definition) is 4. The molecule has 5 aromatic carbocycles. The summed E-state index contributed by atoms with van der Waals surface area (Å²) in [5.74, 6) is 0.789. The Kier molecular flexibility index (Phi) is 9.46. The van der Waals surface area contributed by atoms with Crippen LogP contribution in [0, 0.1) is 12.1 Å². The normalized spacial score (nSPS) is 11.3. The standard InChI is InChI=1S/C34H26N3O.C11H8N.Ir/c1-34(2,3)32-30-28(19-20-35-32)36-33(37(30)24-13-8-5-9-14-24)27-16-10-15-26-25-18-17-23(21-29(25)38-31(26)27)22-11-6-4-7-12-22;1-2-6-10(7-3-1)11-8-4-5-9-12-11;/h4-15,17-21H,1-3H3;1-6,8-9H;/q2*-1;. The maximum absolute atomic E-state index is 6.58. The van der Waals surface area contributed by atoms with E-state index in [1.807, 2.05) is 72.9 Å². The van der Waals surface area contributed by atoms with Crippen molar-refractivity contribution < 1.29 is 24.5 Å². The molecule has 0 fully saturated rings. The van der Waals surface area contributed by atoms with Gasteiger partial charge in [-0.05, 0) is 47.2 Å². The molecule has 0 aliphatic heterocycles. The van der Waals surface area contributed by atoms with Crippen molar-refractivity contribution in [3.8, 4) is 39.5 Å². The molecule has 4 aromatic heterocycles. The minimum Gasteiger partial charge on any atom is -0.501 e. The van der Waals surface area contributed by atoms with E-state index in [4.69, 9.17) is 14.4 Å². The number of para-hydroxylation sites is 1. The second-order valence-corrected chi connectivity index (χ2v) is 13.1. The van der Waals surface area contributed by atoms with E-state index >= 15 is 0 Å². The SMILES string of the molecule is CC(C)(C)c1nccc2nc(-c3[c-]ccc4c3oc3cc(-c5ccccc5)ccc34)n(-c3ccccc3)c12.[Ir].[c-]1ccccc1-c1ccccn1. The fourth-order valence-electron chi connectivity index (χ4n) is 6.36. The number of hydrogen-bond donors (Lipinski definition) is 0. The summed E-state index contributed by atoms with van der Waals surface area (Å²) in [6.45, 7) is 6.56. The average molecular weight is 839 g/mol. The molecule has 51 heavy (non-hydrogen) atoms. The molecule has 0 unspecified atom stereocenters. The first-order chi connectivity index (χ1) is 24.5. The van der Waals surface area contributed by atoms with E-state index in [9.17, 15) is 0 Å². The van der Waals surface area contributed by atoms with E-state index < -0.39 is 0 Å². The summed E-state index contributed by atoms with van der Waals surface area (Å²) in [7, 11) is 0. The largest absolute Gasteiger partial charge is 0.501 e. The number of rotatable bonds is 4. The van der Waals surface area contributed by atoms with Gasteiger partial charge in [-0.3, -0.25) is 9.97 Å². The first kappa shape index (κ1) is 33.8. The first-order valence-corrected chi connectivity index (χ1v) is 16.7. The second kappa shape index (κ2) is 14.3. The van der Waals surface area contributed by atoms with E-state index in [0.717, 1.165) is 78.1 Å². The summed E-state index contributed by atoms with van der Waals surface area (Å²) in [5, 5.41) is 2.13. The van der Waals surface area contributed by atoms with E-state index in [1.54, 1.807) is 6.20 Å². The van der Waals surface area contributed by atoms with E-state index in [-0.39, 0.29) is 25.5 Å². The molecule has 9 aromatic rings. The third-order valence-electron chi connectivity index (χ3n) is 8.70. The van der Waals surface area contributed by atoms with Crippen LogP contribution in [0.3, 0.4) is 0 Å². The van der Waals surface area contributed by atoms with Gasteiger partial charge in [-0.2, -0.15) is 0 Å². The molecule has 0 amide bonds. The Bertz CT molecular complexity index is 2520. The summed E-state index contributed by atoms with van der Waals surface area (Å²) >= 11 is 0. The Balaban J connectivity index is 0.000000265. The quantitative estimate of drug-likeness (QED) is 0.166. The number of furan rings is 1. The molecule has 0 atom stereocenters. The van der Waals surface area contributed by atoms with Crippen molar-refractivity contribution in [2.45, 2.75) is 26.2 Å². The molecule has 0 N–H and O–H groups in total. The number of benzene rings is 5. The number of fused-ring (bicyclic) bond motifs is 4. The zero-order valence-corrected chi connectivity index (χ0v) is 30.9. The van der Waals surface area contributed by atoms with Gasteiger partial charge in [0.1, 0.15) is 5.58 Å². The van der Waals surface area contributed by atoms with Crippen molar-refractivity contribution in [1.29, 1.82) is 0 Å². The monoisotopic (exact) mass is 839 g/mol. The van der Waals surface area contributed by atoms with Crippen molar-refractivity contribution >= 4 is 33.0 Å². The van der Waals surface area contributed by atoms with Crippen molar-refractivity contribution in [1.82, 2.24) is 19.5 Å². The van der Waals surface area contributed by atoms with Crippen molar-refractivity contribution in [2.75, 3.05) is 0 Å². The molecule has 0 aliphatic carbocycles. The molecule has 4 heterocycles. The molecule has 0 spiro atoms. The van der Waals surface area contributed by atoms with Gasteiger partial charge >= 0.3 is 0 Å². The number of nitrogens with zero attached hydrogens (tertiary/aromatic N) is 4. The van der Waals surface area contributed by atoms with Crippen molar-refractivity contribution in [3.63, 3.8) is 0 Å². The van der Waals surface area contributed by atoms with E-state index in [0.29, 0.717) is 0 Å². The topological polar surface area (TPSA) is 56.7 Å². The van der Waals surface area contributed by atoms with Crippen LogP contribution in [-0.4, -0.2) is 19.5 Å². The van der Waals surface area contributed by atoms with E-state index in [1.165, 1.54) is 0 Å². The average Bonchev–Trinajstić information content (AvgIpc) is 3.75. The zero-order valence-electron chi connectivity index (χ0n) is 28.5. The van der Waals surface area contributed by atoms with Crippen LogP contribution in [0.5, 0.6) is 0 Å². The Morgan fingerprint density at radius 2 is 1.41 bits per heavy atom. The van der Waals surface area contributed by atoms with Gasteiger partial charge in [-0.15, -0.1) is 54.1 Å². The molecule has 1 radical (unpaired) electrons. The second-order valence-electron chi connectivity index (χ2n) is 13.1. The maximum Gasteiger partial charge on any atom is 0.121 e. The van der Waals surface area contributed by atoms with Crippen LogP contribution in [0.25, 0.3) is 72.4 Å².